The molecule has 0 radical (unpaired) electrons. The van der Waals surface area contributed by atoms with Crippen LogP contribution in [0.15, 0.2) is 24.4 Å². The van der Waals surface area contributed by atoms with Crippen molar-refractivity contribution in [2.75, 3.05) is 5.32 Å². The van der Waals surface area contributed by atoms with E-state index < -0.39 is 0 Å². The van der Waals surface area contributed by atoms with Crippen molar-refractivity contribution >= 4 is 23.2 Å². The molecule has 1 fully saturated rings. The van der Waals surface area contributed by atoms with Crippen molar-refractivity contribution < 1.29 is 4.79 Å². The van der Waals surface area contributed by atoms with Gasteiger partial charge in [0.2, 0.25) is 0 Å². The Morgan fingerprint density at radius 3 is 2.79 bits per heavy atom. The second-order valence-electron chi connectivity index (χ2n) is 7.11. The van der Waals surface area contributed by atoms with E-state index in [-0.39, 0.29) is 11.3 Å². The zero-order valence-corrected chi connectivity index (χ0v) is 15.0. The number of nitrogens with one attached hydrogen (secondary N) is 1. The van der Waals surface area contributed by atoms with Gasteiger partial charge in [0.1, 0.15) is 0 Å². The van der Waals surface area contributed by atoms with Crippen LogP contribution in [0, 0.1) is 12.8 Å². The number of alkyl halides is 1. The predicted molar refractivity (Wildman–Crippen MR) is 95.9 cm³/mol. The number of carbonyl (C=O) groups is 1. The third-order valence-electron chi connectivity index (χ3n) is 5.66. The number of aromatic nitrogens is 2. The maximum absolute atomic E-state index is 12.7. The van der Waals surface area contributed by atoms with Gasteiger partial charge in [-0.05, 0) is 61.6 Å². The van der Waals surface area contributed by atoms with Gasteiger partial charge in [0.25, 0.3) is 5.91 Å². The zero-order valence-electron chi connectivity index (χ0n) is 14.2. The lowest BCUT2D eigenvalue weighted by molar-refractivity contribution is 0.102. The first-order valence-corrected chi connectivity index (χ1v) is 8.99. The number of fused-ring (bicyclic) bond motifs is 5. The Morgan fingerprint density at radius 1 is 1.38 bits per heavy atom. The summed E-state index contributed by atoms with van der Waals surface area (Å²) in [4.78, 5) is 12.7. The van der Waals surface area contributed by atoms with E-state index in [9.17, 15) is 4.79 Å². The van der Waals surface area contributed by atoms with Gasteiger partial charge in [-0.1, -0.05) is 12.1 Å². The lowest BCUT2D eigenvalue weighted by Gasteiger charge is -2.20. The quantitative estimate of drug-likeness (QED) is 0.849. The highest BCUT2D eigenvalue weighted by atomic mass is 35.5. The van der Waals surface area contributed by atoms with Crippen LogP contribution in [0.2, 0.25) is 0 Å². The molecule has 1 heterocycles. The number of halogens is 1. The van der Waals surface area contributed by atoms with E-state index in [2.05, 4.69) is 23.4 Å². The summed E-state index contributed by atoms with van der Waals surface area (Å²) < 4.78 is 1.67. The van der Waals surface area contributed by atoms with Crippen LogP contribution in [-0.4, -0.2) is 21.1 Å². The summed E-state index contributed by atoms with van der Waals surface area (Å²) in [6.07, 6.45) is 4.14. The largest absolute Gasteiger partial charge is 0.322 e. The van der Waals surface area contributed by atoms with Gasteiger partial charge in [-0.15, -0.1) is 11.6 Å². The number of rotatable bonds is 3. The third kappa shape index (κ3) is 2.27. The molecule has 1 aromatic carbocycles. The molecule has 1 N–H and O–H groups in total. The van der Waals surface area contributed by atoms with Gasteiger partial charge >= 0.3 is 0 Å². The van der Waals surface area contributed by atoms with E-state index in [1.54, 1.807) is 10.9 Å². The molecule has 5 heteroatoms. The maximum atomic E-state index is 12.7. The van der Waals surface area contributed by atoms with Crippen LogP contribution in [0.4, 0.5) is 5.69 Å². The number of anilines is 1. The van der Waals surface area contributed by atoms with Crippen molar-refractivity contribution in [3.63, 3.8) is 0 Å². The molecule has 2 aromatic rings. The number of nitrogens with zero attached hydrogens (tertiary/aromatic N) is 2. The number of hydrogen-bond acceptors (Lipinski definition) is 2. The predicted octanol–water partition coefficient (Wildman–Crippen LogP) is 4.20. The Labute approximate surface area is 147 Å². The Morgan fingerprint density at radius 2 is 2.12 bits per heavy atom. The summed E-state index contributed by atoms with van der Waals surface area (Å²) in [5.74, 6) is 1.39. The molecule has 1 unspecified atom stereocenters. The molecule has 1 amide bonds. The average molecular weight is 344 g/mol. The summed E-state index contributed by atoms with van der Waals surface area (Å²) in [5.41, 5.74) is 5.00. The number of hydrogen-bond donors (Lipinski definition) is 1. The molecule has 2 bridgehead atoms. The molecule has 126 valence electrons. The summed E-state index contributed by atoms with van der Waals surface area (Å²) in [7, 11) is 1.83. The van der Waals surface area contributed by atoms with Gasteiger partial charge in [0.05, 0.1) is 11.3 Å². The smallest absolute Gasteiger partial charge is 0.259 e. The summed E-state index contributed by atoms with van der Waals surface area (Å²) >= 11 is 6.48. The highest BCUT2D eigenvalue weighted by Crippen LogP contribution is 2.60. The molecule has 0 spiro atoms. The summed E-state index contributed by atoms with van der Waals surface area (Å²) in [5, 5.41) is 7.53. The van der Waals surface area contributed by atoms with E-state index in [4.69, 9.17) is 11.6 Å². The monoisotopic (exact) mass is 343 g/mol. The number of amides is 1. The van der Waals surface area contributed by atoms with Crippen molar-refractivity contribution in [3.05, 3.63) is 46.8 Å². The Kier molecular flexibility index (Phi) is 3.68. The van der Waals surface area contributed by atoms with Crippen molar-refractivity contribution in [2.45, 2.75) is 43.9 Å². The van der Waals surface area contributed by atoms with E-state index in [1.165, 1.54) is 17.5 Å². The van der Waals surface area contributed by atoms with Crippen molar-refractivity contribution in [1.82, 2.24) is 9.78 Å². The normalized spacial score (nSPS) is 25.6. The highest BCUT2D eigenvalue weighted by molar-refractivity contribution is 6.20. The molecule has 4 nitrogen and oxygen atoms in total. The molecule has 4 rings (SSSR count). The topological polar surface area (TPSA) is 46.9 Å². The standard InChI is InChI=1S/C19H22ClN3O/c1-10(20)17-13-7-8-14(17)18-12(13)5-4-6-16(18)21-19(24)15-9-23(3)22-11(15)2/h4-6,9-10,13-14,17H,7-8H2,1-3H3,(H,21,24)/t10?,13-,14-,17+/m0/s1. The Hall–Kier alpha value is -1.81. The fourth-order valence-corrected chi connectivity index (χ4v) is 5.16. The third-order valence-corrected chi connectivity index (χ3v) is 5.96. The highest BCUT2D eigenvalue weighted by Gasteiger charge is 2.48. The first-order chi connectivity index (χ1) is 11.5. The van der Waals surface area contributed by atoms with Gasteiger partial charge in [-0.2, -0.15) is 5.10 Å². The van der Waals surface area contributed by atoms with Crippen LogP contribution in [0.3, 0.4) is 0 Å². The second kappa shape index (κ2) is 5.62. The molecule has 4 atom stereocenters. The van der Waals surface area contributed by atoms with Crippen molar-refractivity contribution in [1.29, 1.82) is 0 Å². The molecule has 2 aliphatic rings. The van der Waals surface area contributed by atoms with Crippen LogP contribution >= 0.6 is 11.6 Å². The molecule has 2 aliphatic carbocycles. The molecule has 0 aliphatic heterocycles. The van der Waals surface area contributed by atoms with Crippen LogP contribution in [0.25, 0.3) is 0 Å². The minimum Gasteiger partial charge on any atom is -0.322 e. The molecule has 24 heavy (non-hydrogen) atoms. The van der Waals surface area contributed by atoms with E-state index in [0.717, 1.165) is 17.8 Å². The van der Waals surface area contributed by atoms with Crippen LogP contribution in [0.1, 0.15) is 58.8 Å². The second-order valence-corrected chi connectivity index (χ2v) is 7.80. The maximum Gasteiger partial charge on any atom is 0.259 e. The van der Waals surface area contributed by atoms with E-state index in [1.807, 2.05) is 26.1 Å². The minimum atomic E-state index is -0.0905. The fraction of sp³-hybridized carbons (Fsp3) is 0.474. The number of aryl methyl sites for hydroxylation is 2. The van der Waals surface area contributed by atoms with Crippen LogP contribution in [-0.2, 0) is 7.05 Å². The van der Waals surface area contributed by atoms with Gasteiger partial charge in [0.15, 0.2) is 0 Å². The van der Waals surface area contributed by atoms with Gasteiger partial charge in [-0.3, -0.25) is 9.48 Å². The first kappa shape index (κ1) is 15.7. The SMILES string of the molecule is Cc1nn(C)cc1C(=O)Nc1cccc2c1[C@H]1CC[C@@H]2[C@H]1C(C)Cl. The Balaban J connectivity index is 1.68. The molecule has 1 aromatic heterocycles. The van der Waals surface area contributed by atoms with Gasteiger partial charge in [0, 0.05) is 24.3 Å². The molecule has 1 saturated carbocycles. The van der Waals surface area contributed by atoms with E-state index in [0.29, 0.717) is 23.3 Å². The molecular weight excluding hydrogens is 322 g/mol. The first-order valence-electron chi connectivity index (χ1n) is 8.56. The minimum absolute atomic E-state index is 0.0905. The van der Waals surface area contributed by atoms with Crippen LogP contribution < -0.4 is 5.32 Å². The van der Waals surface area contributed by atoms with Gasteiger partial charge < -0.3 is 5.32 Å². The van der Waals surface area contributed by atoms with Crippen molar-refractivity contribution in [2.24, 2.45) is 13.0 Å². The van der Waals surface area contributed by atoms with E-state index >= 15 is 0 Å². The lowest BCUT2D eigenvalue weighted by Crippen LogP contribution is -2.16. The summed E-state index contributed by atoms with van der Waals surface area (Å²) in [6.45, 7) is 3.96. The zero-order chi connectivity index (χ0) is 17.0. The fourth-order valence-electron chi connectivity index (χ4n) is 4.81. The average Bonchev–Trinajstić information content (AvgIpc) is 3.19. The van der Waals surface area contributed by atoms with Gasteiger partial charge in [-0.25, -0.2) is 0 Å². The number of benzene rings is 1. The molecular formula is C19H22ClN3O. The number of carbonyl (C=O) groups excluding carboxylic acids is 1. The Bertz CT molecular complexity index is 811. The van der Waals surface area contributed by atoms with Crippen LogP contribution in [0.5, 0.6) is 0 Å². The lowest BCUT2D eigenvalue weighted by atomic mass is 9.90. The molecule has 0 saturated heterocycles. The van der Waals surface area contributed by atoms with Crippen molar-refractivity contribution in [3.8, 4) is 0 Å². The summed E-state index contributed by atoms with van der Waals surface area (Å²) in [6, 6.07) is 6.26.